The van der Waals surface area contributed by atoms with Crippen LogP contribution in [0.15, 0.2) is 40.3 Å². The Morgan fingerprint density at radius 3 is 3.00 bits per heavy atom. The minimum absolute atomic E-state index is 0.0866. The summed E-state index contributed by atoms with van der Waals surface area (Å²) < 4.78 is 0. The summed E-state index contributed by atoms with van der Waals surface area (Å²) in [6, 6.07) is 8.09. The summed E-state index contributed by atoms with van der Waals surface area (Å²) in [6.07, 6.45) is 1.77. The SMILES string of the molecule is OCC=C1Nc2ccccc2S1. The monoisotopic (exact) mass is 179 g/mol. The molecule has 0 atom stereocenters. The molecule has 1 aliphatic heterocycles. The quantitative estimate of drug-likeness (QED) is 0.692. The van der Waals surface area contributed by atoms with Gasteiger partial charge < -0.3 is 10.4 Å². The van der Waals surface area contributed by atoms with Crippen molar-refractivity contribution in [1.29, 1.82) is 0 Å². The molecule has 0 spiro atoms. The Morgan fingerprint density at radius 2 is 2.25 bits per heavy atom. The minimum atomic E-state index is 0.0866. The van der Waals surface area contributed by atoms with E-state index < -0.39 is 0 Å². The van der Waals surface area contributed by atoms with Gasteiger partial charge in [-0.2, -0.15) is 0 Å². The van der Waals surface area contributed by atoms with E-state index >= 15 is 0 Å². The van der Waals surface area contributed by atoms with Crippen LogP contribution in [-0.4, -0.2) is 11.7 Å². The molecule has 0 aromatic heterocycles. The van der Waals surface area contributed by atoms with Crippen molar-refractivity contribution in [3.63, 3.8) is 0 Å². The van der Waals surface area contributed by atoms with Gasteiger partial charge in [0.2, 0.25) is 0 Å². The third kappa shape index (κ3) is 1.33. The van der Waals surface area contributed by atoms with Crippen LogP contribution in [-0.2, 0) is 0 Å². The van der Waals surface area contributed by atoms with Crippen molar-refractivity contribution in [3.05, 3.63) is 35.4 Å². The van der Waals surface area contributed by atoms with Crippen molar-refractivity contribution in [2.24, 2.45) is 0 Å². The second-order valence-corrected chi connectivity index (χ2v) is 3.56. The van der Waals surface area contributed by atoms with Crippen LogP contribution in [0.2, 0.25) is 0 Å². The number of aliphatic hydroxyl groups is 1. The lowest BCUT2D eigenvalue weighted by Gasteiger charge is -1.95. The first-order valence-corrected chi connectivity index (χ1v) is 4.57. The molecule has 0 unspecified atom stereocenters. The molecule has 1 aromatic carbocycles. The van der Waals surface area contributed by atoms with Gasteiger partial charge in [-0.1, -0.05) is 23.9 Å². The largest absolute Gasteiger partial charge is 0.392 e. The highest BCUT2D eigenvalue weighted by Crippen LogP contribution is 2.40. The molecule has 0 radical (unpaired) electrons. The number of fused-ring (bicyclic) bond motifs is 1. The summed E-state index contributed by atoms with van der Waals surface area (Å²) in [6.45, 7) is 0.0866. The second-order valence-electron chi connectivity index (χ2n) is 2.47. The Bertz CT molecular complexity index is 295. The molecule has 0 bridgehead atoms. The highest BCUT2D eigenvalue weighted by molar-refractivity contribution is 8.03. The third-order valence-electron chi connectivity index (χ3n) is 1.64. The maximum atomic E-state index is 8.68. The standard InChI is InChI=1S/C9H9NOS/c11-6-5-9-10-7-3-1-2-4-8(7)12-9/h1-5,10-11H,6H2. The van der Waals surface area contributed by atoms with Gasteiger partial charge in [-0.05, 0) is 18.2 Å². The average molecular weight is 179 g/mol. The number of nitrogens with one attached hydrogen (secondary N) is 1. The number of hydrogen-bond donors (Lipinski definition) is 2. The highest BCUT2D eigenvalue weighted by Gasteiger charge is 2.13. The number of thioether (sulfide) groups is 1. The summed E-state index contributed by atoms with van der Waals surface area (Å²) in [5, 5.41) is 12.9. The van der Waals surface area contributed by atoms with Gasteiger partial charge in [0.05, 0.1) is 17.3 Å². The topological polar surface area (TPSA) is 32.3 Å². The number of rotatable bonds is 1. The van der Waals surface area contributed by atoms with E-state index in [9.17, 15) is 0 Å². The molecule has 0 saturated heterocycles. The molecule has 2 nitrogen and oxygen atoms in total. The molecule has 62 valence electrons. The van der Waals surface area contributed by atoms with Gasteiger partial charge in [0.1, 0.15) is 0 Å². The molecule has 12 heavy (non-hydrogen) atoms. The summed E-state index contributed by atoms with van der Waals surface area (Å²) in [5.41, 5.74) is 1.13. The zero-order valence-electron chi connectivity index (χ0n) is 6.45. The van der Waals surface area contributed by atoms with E-state index in [1.165, 1.54) is 4.90 Å². The van der Waals surface area contributed by atoms with Crippen molar-refractivity contribution in [1.82, 2.24) is 0 Å². The van der Waals surface area contributed by atoms with E-state index in [-0.39, 0.29) is 6.61 Å². The average Bonchev–Trinajstić information content (AvgIpc) is 2.47. The van der Waals surface area contributed by atoms with Gasteiger partial charge in [0.15, 0.2) is 0 Å². The molecule has 0 fully saturated rings. The van der Waals surface area contributed by atoms with Crippen LogP contribution in [0.1, 0.15) is 0 Å². The van der Waals surface area contributed by atoms with E-state index in [2.05, 4.69) is 11.4 Å². The summed E-state index contributed by atoms with van der Waals surface area (Å²) in [5.74, 6) is 0. The van der Waals surface area contributed by atoms with Crippen LogP contribution in [0.4, 0.5) is 5.69 Å². The molecule has 1 heterocycles. The normalized spacial score (nSPS) is 17.6. The fourth-order valence-corrected chi connectivity index (χ4v) is 2.04. The van der Waals surface area contributed by atoms with Crippen molar-refractivity contribution in [2.75, 3.05) is 11.9 Å². The first-order valence-electron chi connectivity index (χ1n) is 3.75. The van der Waals surface area contributed by atoms with Gasteiger partial charge in [-0.3, -0.25) is 0 Å². The van der Waals surface area contributed by atoms with Gasteiger partial charge in [0, 0.05) is 4.90 Å². The molecular weight excluding hydrogens is 170 g/mol. The summed E-state index contributed by atoms with van der Waals surface area (Å²) in [4.78, 5) is 1.22. The first kappa shape index (κ1) is 7.71. The Kier molecular flexibility index (Phi) is 2.06. The Balaban J connectivity index is 2.27. The summed E-state index contributed by atoms with van der Waals surface area (Å²) in [7, 11) is 0. The van der Waals surface area contributed by atoms with Gasteiger partial charge in [-0.15, -0.1) is 0 Å². The lowest BCUT2D eigenvalue weighted by molar-refractivity contribution is 0.342. The lowest BCUT2D eigenvalue weighted by atomic mass is 10.3. The van der Waals surface area contributed by atoms with Crippen molar-refractivity contribution >= 4 is 17.4 Å². The van der Waals surface area contributed by atoms with Crippen LogP contribution < -0.4 is 5.32 Å². The van der Waals surface area contributed by atoms with E-state index in [0.717, 1.165) is 10.7 Å². The Morgan fingerprint density at radius 1 is 1.42 bits per heavy atom. The maximum Gasteiger partial charge on any atom is 0.0757 e. The fraction of sp³-hybridized carbons (Fsp3) is 0.111. The first-order chi connectivity index (χ1) is 5.90. The predicted molar refractivity (Wildman–Crippen MR) is 51.1 cm³/mol. The number of para-hydroxylation sites is 1. The molecule has 0 aliphatic carbocycles. The Labute approximate surface area is 75.3 Å². The van der Waals surface area contributed by atoms with E-state index in [4.69, 9.17) is 5.11 Å². The molecule has 1 aliphatic rings. The molecule has 0 amide bonds. The number of anilines is 1. The van der Waals surface area contributed by atoms with Crippen LogP contribution in [0.5, 0.6) is 0 Å². The fourth-order valence-electron chi connectivity index (χ4n) is 1.11. The smallest absolute Gasteiger partial charge is 0.0757 e. The molecule has 3 heteroatoms. The molecule has 2 rings (SSSR count). The zero-order valence-corrected chi connectivity index (χ0v) is 7.27. The van der Waals surface area contributed by atoms with E-state index in [1.807, 2.05) is 18.2 Å². The van der Waals surface area contributed by atoms with Crippen molar-refractivity contribution < 1.29 is 5.11 Å². The van der Waals surface area contributed by atoms with E-state index in [0.29, 0.717) is 0 Å². The second kappa shape index (κ2) is 3.21. The molecule has 1 aromatic rings. The molecule has 2 N–H and O–H groups in total. The summed E-state index contributed by atoms with van der Waals surface area (Å²) >= 11 is 1.65. The van der Waals surface area contributed by atoms with Crippen molar-refractivity contribution in [2.45, 2.75) is 4.90 Å². The maximum absolute atomic E-state index is 8.68. The number of aliphatic hydroxyl groups excluding tert-OH is 1. The van der Waals surface area contributed by atoms with Crippen molar-refractivity contribution in [3.8, 4) is 0 Å². The predicted octanol–water partition coefficient (Wildman–Crippen LogP) is 2.04. The lowest BCUT2D eigenvalue weighted by Crippen LogP contribution is -1.89. The van der Waals surface area contributed by atoms with Gasteiger partial charge >= 0.3 is 0 Å². The molecular formula is C9H9NOS. The van der Waals surface area contributed by atoms with Gasteiger partial charge in [0.25, 0.3) is 0 Å². The number of benzene rings is 1. The Hall–Kier alpha value is -0.930. The van der Waals surface area contributed by atoms with E-state index in [1.54, 1.807) is 17.8 Å². The molecule has 0 saturated carbocycles. The van der Waals surface area contributed by atoms with Gasteiger partial charge in [-0.25, -0.2) is 0 Å². The third-order valence-corrected chi connectivity index (χ3v) is 2.71. The van der Waals surface area contributed by atoms with Crippen LogP contribution in [0, 0.1) is 0 Å². The van der Waals surface area contributed by atoms with Crippen LogP contribution in [0.3, 0.4) is 0 Å². The minimum Gasteiger partial charge on any atom is -0.392 e. The zero-order chi connectivity index (χ0) is 8.39. The van der Waals surface area contributed by atoms with Crippen LogP contribution in [0.25, 0.3) is 0 Å². The number of hydrogen-bond acceptors (Lipinski definition) is 3. The highest BCUT2D eigenvalue weighted by atomic mass is 32.2. The van der Waals surface area contributed by atoms with Crippen LogP contribution >= 0.6 is 11.8 Å².